The van der Waals surface area contributed by atoms with Gasteiger partial charge in [-0.1, -0.05) is 6.07 Å². The van der Waals surface area contributed by atoms with Gasteiger partial charge in [-0.05, 0) is 59.6 Å². The monoisotopic (exact) mass is 323 g/mol. The Kier molecular flexibility index (Phi) is 3.95. The Morgan fingerprint density at radius 1 is 1.37 bits per heavy atom. The van der Waals surface area contributed by atoms with E-state index < -0.39 is 5.97 Å². The molecule has 0 aliphatic heterocycles. The number of furan rings is 1. The van der Waals surface area contributed by atoms with Crippen molar-refractivity contribution in [2.24, 2.45) is 0 Å². The minimum Gasteiger partial charge on any atom is -0.475 e. The Bertz CT molecular complexity index is 606. The number of carboxylic acids is 1. The summed E-state index contributed by atoms with van der Waals surface area (Å²) in [6.45, 7) is 3.93. The van der Waals surface area contributed by atoms with Gasteiger partial charge in [0.2, 0.25) is 5.76 Å². The van der Waals surface area contributed by atoms with Gasteiger partial charge in [0.25, 0.3) is 0 Å². The average Bonchev–Trinajstić information content (AvgIpc) is 2.83. The summed E-state index contributed by atoms with van der Waals surface area (Å²) in [7, 11) is 0. The van der Waals surface area contributed by atoms with Crippen LogP contribution in [-0.2, 0) is 0 Å². The summed E-state index contributed by atoms with van der Waals surface area (Å²) in [6, 6.07) is 9.00. The van der Waals surface area contributed by atoms with E-state index in [1.54, 1.807) is 6.07 Å². The van der Waals surface area contributed by atoms with Crippen LogP contribution < -0.4 is 5.32 Å². The Labute approximate surface area is 119 Å². The minimum absolute atomic E-state index is 0.0491. The summed E-state index contributed by atoms with van der Waals surface area (Å²) >= 11 is 3.47. The predicted molar refractivity (Wildman–Crippen MR) is 76.6 cm³/mol. The molecule has 0 saturated heterocycles. The van der Waals surface area contributed by atoms with E-state index in [-0.39, 0.29) is 11.8 Å². The molecule has 0 aliphatic rings. The van der Waals surface area contributed by atoms with Gasteiger partial charge in [-0.2, -0.15) is 0 Å². The molecular formula is C14H14BrNO3. The first-order valence-corrected chi connectivity index (χ1v) is 6.62. The lowest BCUT2D eigenvalue weighted by Gasteiger charge is -2.15. The second-order valence-electron chi connectivity index (χ2n) is 4.36. The quantitative estimate of drug-likeness (QED) is 0.884. The molecule has 1 aromatic carbocycles. The molecule has 2 N–H and O–H groups in total. The fourth-order valence-electron chi connectivity index (χ4n) is 1.75. The highest BCUT2D eigenvalue weighted by Gasteiger charge is 2.14. The van der Waals surface area contributed by atoms with E-state index in [1.807, 2.05) is 32.0 Å². The first kappa shape index (κ1) is 13.7. The topological polar surface area (TPSA) is 62.5 Å². The van der Waals surface area contributed by atoms with Crippen LogP contribution in [0.2, 0.25) is 0 Å². The Morgan fingerprint density at radius 2 is 2.11 bits per heavy atom. The number of hydrogen-bond donors (Lipinski definition) is 2. The van der Waals surface area contributed by atoms with Crippen molar-refractivity contribution in [3.63, 3.8) is 0 Å². The van der Waals surface area contributed by atoms with Gasteiger partial charge in [0, 0.05) is 10.2 Å². The highest BCUT2D eigenvalue weighted by molar-refractivity contribution is 9.10. The number of aryl methyl sites for hydroxylation is 1. The number of carbonyl (C=O) groups is 1. The fraction of sp³-hybridized carbons (Fsp3) is 0.214. The molecule has 19 heavy (non-hydrogen) atoms. The number of aromatic carboxylic acids is 1. The molecule has 2 rings (SSSR count). The van der Waals surface area contributed by atoms with Crippen LogP contribution in [0.25, 0.3) is 0 Å². The van der Waals surface area contributed by atoms with E-state index in [9.17, 15) is 4.79 Å². The van der Waals surface area contributed by atoms with Crippen LogP contribution in [-0.4, -0.2) is 11.1 Å². The van der Waals surface area contributed by atoms with Crippen molar-refractivity contribution >= 4 is 27.6 Å². The van der Waals surface area contributed by atoms with E-state index in [0.717, 1.165) is 15.7 Å². The summed E-state index contributed by atoms with van der Waals surface area (Å²) in [5.41, 5.74) is 2.09. The summed E-state index contributed by atoms with van der Waals surface area (Å²) in [5.74, 6) is -0.520. The molecule has 0 spiro atoms. The van der Waals surface area contributed by atoms with E-state index in [0.29, 0.717) is 5.76 Å². The van der Waals surface area contributed by atoms with Gasteiger partial charge >= 0.3 is 5.97 Å². The zero-order valence-electron chi connectivity index (χ0n) is 10.6. The molecular weight excluding hydrogens is 310 g/mol. The van der Waals surface area contributed by atoms with Crippen molar-refractivity contribution < 1.29 is 14.3 Å². The normalized spacial score (nSPS) is 12.2. The van der Waals surface area contributed by atoms with Crippen LogP contribution in [0.4, 0.5) is 5.69 Å². The molecule has 100 valence electrons. The number of hydrogen-bond acceptors (Lipinski definition) is 3. The molecule has 5 heteroatoms. The van der Waals surface area contributed by atoms with Crippen LogP contribution in [0, 0.1) is 6.92 Å². The van der Waals surface area contributed by atoms with Crippen LogP contribution in [0.3, 0.4) is 0 Å². The molecule has 1 aromatic heterocycles. The largest absolute Gasteiger partial charge is 0.475 e. The van der Waals surface area contributed by atoms with E-state index in [2.05, 4.69) is 21.2 Å². The number of rotatable bonds is 4. The van der Waals surface area contributed by atoms with Crippen LogP contribution in [0.15, 0.2) is 39.2 Å². The highest BCUT2D eigenvalue weighted by Crippen LogP contribution is 2.28. The van der Waals surface area contributed by atoms with Crippen LogP contribution in [0.1, 0.15) is 34.8 Å². The highest BCUT2D eigenvalue weighted by atomic mass is 79.9. The van der Waals surface area contributed by atoms with Crippen molar-refractivity contribution in [2.45, 2.75) is 19.9 Å². The third kappa shape index (κ3) is 3.17. The SMILES string of the molecule is Cc1ccc(Br)c(NC(C)c2ccc(C(=O)O)o2)c1. The molecule has 0 fully saturated rings. The Morgan fingerprint density at radius 3 is 2.74 bits per heavy atom. The molecule has 0 aliphatic carbocycles. The smallest absolute Gasteiger partial charge is 0.371 e. The number of benzene rings is 1. The molecule has 0 radical (unpaired) electrons. The maximum absolute atomic E-state index is 10.8. The minimum atomic E-state index is -1.06. The van der Waals surface area contributed by atoms with Gasteiger partial charge < -0.3 is 14.8 Å². The lowest BCUT2D eigenvalue weighted by Crippen LogP contribution is -2.06. The summed E-state index contributed by atoms with van der Waals surface area (Å²) < 4.78 is 6.23. The Balaban J connectivity index is 2.17. The van der Waals surface area contributed by atoms with Crippen molar-refractivity contribution in [3.8, 4) is 0 Å². The molecule has 0 saturated carbocycles. The summed E-state index contributed by atoms with van der Waals surface area (Å²) in [6.07, 6.45) is 0. The van der Waals surface area contributed by atoms with Gasteiger partial charge in [0.05, 0.1) is 6.04 Å². The molecule has 1 heterocycles. The summed E-state index contributed by atoms with van der Waals surface area (Å²) in [5, 5.41) is 12.1. The number of anilines is 1. The summed E-state index contributed by atoms with van der Waals surface area (Å²) in [4.78, 5) is 10.8. The van der Waals surface area contributed by atoms with Gasteiger partial charge in [0.1, 0.15) is 5.76 Å². The molecule has 2 aromatic rings. The van der Waals surface area contributed by atoms with E-state index in [1.165, 1.54) is 6.07 Å². The number of carboxylic acid groups (broad SMARTS) is 1. The maximum atomic E-state index is 10.8. The fourth-order valence-corrected chi connectivity index (χ4v) is 2.12. The van der Waals surface area contributed by atoms with Gasteiger partial charge in [-0.15, -0.1) is 0 Å². The predicted octanol–water partition coefficient (Wildman–Crippen LogP) is 4.22. The molecule has 1 unspecified atom stereocenters. The second kappa shape index (κ2) is 5.48. The first-order chi connectivity index (χ1) is 8.97. The number of nitrogens with one attached hydrogen (secondary N) is 1. The second-order valence-corrected chi connectivity index (χ2v) is 5.21. The molecule has 4 nitrogen and oxygen atoms in total. The van der Waals surface area contributed by atoms with Crippen LogP contribution >= 0.6 is 15.9 Å². The zero-order valence-corrected chi connectivity index (χ0v) is 12.2. The Hall–Kier alpha value is -1.75. The van der Waals surface area contributed by atoms with E-state index in [4.69, 9.17) is 9.52 Å². The maximum Gasteiger partial charge on any atom is 0.371 e. The molecule has 0 amide bonds. The first-order valence-electron chi connectivity index (χ1n) is 5.83. The molecule has 1 atom stereocenters. The van der Waals surface area contributed by atoms with Crippen molar-refractivity contribution in [1.82, 2.24) is 0 Å². The average molecular weight is 324 g/mol. The third-order valence-corrected chi connectivity index (χ3v) is 3.45. The lowest BCUT2D eigenvalue weighted by molar-refractivity contribution is 0.0660. The number of halogens is 1. The van der Waals surface area contributed by atoms with Crippen molar-refractivity contribution in [2.75, 3.05) is 5.32 Å². The van der Waals surface area contributed by atoms with Gasteiger partial charge in [-0.3, -0.25) is 0 Å². The third-order valence-electron chi connectivity index (χ3n) is 2.76. The molecule has 0 bridgehead atoms. The standard InChI is InChI=1S/C14H14BrNO3/c1-8-3-4-10(15)11(7-8)16-9(2)12-5-6-13(19-12)14(17)18/h3-7,9,16H,1-2H3,(H,17,18). The van der Waals surface area contributed by atoms with E-state index >= 15 is 0 Å². The van der Waals surface area contributed by atoms with Crippen LogP contribution in [0.5, 0.6) is 0 Å². The van der Waals surface area contributed by atoms with Gasteiger partial charge in [0.15, 0.2) is 0 Å². The van der Waals surface area contributed by atoms with Gasteiger partial charge in [-0.25, -0.2) is 4.79 Å². The lowest BCUT2D eigenvalue weighted by atomic mass is 10.2. The zero-order chi connectivity index (χ0) is 14.0. The van der Waals surface area contributed by atoms with Crippen molar-refractivity contribution in [1.29, 1.82) is 0 Å². The van der Waals surface area contributed by atoms with Crippen molar-refractivity contribution in [3.05, 3.63) is 51.9 Å².